The first-order chi connectivity index (χ1) is 19.8. The molecule has 0 spiro atoms. The van der Waals surface area contributed by atoms with Crippen LogP contribution in [0.15, 0.2) is 73.3 Å². The molecule has 2 N–H and O–H groups in total. The summed E-state index contributed by atoms with van der Waals surface area (Å²) in [6.07, 6.45) is 5.92. The van der Waals surface area contributed by atoms with E-state index in [9.17, 15) is 14.0 Å². The van der Waals surface area contributed by atoms with Crippen molar-refractivity contribution in [2.75, 3.05) is 14.2 Å². The summed E-state index contributed by atoms with van der Waals surface area (Å²) in [4.78, 5) is 34.9. The van der Waals surface area contributed by atoms with Crippen molar-refractivity contribution in [2.24, 2.45) is 0 Å². The summed E-state index contributed by atoms with van der Waals surface area (Å²) < 4.78 is 25.4. The summed E-state index contributed by atoms with van der Waals surface area (Å²) in [5.74, 6) is -0.406. The Balaban J connectivity index is 1.36. The number of halogens is 1. The van der Waals surface area contributed by atoms with E-state index in [1.165, 1.54) is 18.5 Å². The molecule has 2 aliphatic rings. The molecule has 6 rings (SSSR count). The number of methoxy groups -OCH3 is 1. The average Bonchev–Trinajstić information content (AvgIpc) is 3.68. The molecule has 1 fully saturated rings. The summed E-state index contributed by atoms with van der Waals surface area (Å²) in [7, 11) is 3.12. The Hall–Kier alpha value is -4.79. The molecular weight excluding hydrogens is 523 g/mol. The van der Waals surface area contributed by atoms with Gasteiger partial charge in [0, 0.05) is 30.6 Å². The maximum absolute atomic E-state index is 13.6. The number of likely N-dealkylation sites (N-methyl/N-ethyl adjacent to an activating group) is 1. The zero-order valence-corrected chi connectivity index (χ0v) is 22.9. The number of carbonyl (C=O) groups excluding carboxylic acids is 2. The van der Waals surface area contributed by atoms with Gasteiger partial charge in [0.15, 0.2) is 0 Å². The normalized spacial score (nSPS) is 18.1. The quantitative estimate of drug-likeness (QED) is 0.335. The lowest BCUT2D eigenvalue weighted by molar-refractivity contribution is -0.123. The Morgan fingerprint density at radius 2 is 1.78 bits per heavy atom. The fourth-order valence-electron chi connectivity index (χ4n) is 5.56. The Bertz CT molecular complexity index is 1640. The first-order valence-electron chi connectivity index (χ1n) is 13.4. The second kappa shape index (κ2) is 10.3. The number of hydrogen-bond donors (Lipinski definition) is 2. The second-order valence-corrected chi connectivity index (χ2v) is 10.5. The molecule has 1 saturated carbocycles. The largest absolute Gasteiger partial charge is 0.496 e. The van der Waals surface area contributed by atoms with Crippen molar-refractivity contribution in [2.45, 2.75) is 37.3 Å². The van der Waals surface area contributed by atoms with Crippen LogP contribution in [-0.4, -0.2) is 35.9 Å². The molecule has 8 nitrogen and oxygen atoms in total. The third-order valence-corrected chi connectivity index (χ3v) is 7.95. The van der Waals surface area contributed by atoms with Crippen molar-refractivity contribution in [3.63, 3.8) is 0 Å². The van der Waals surface area contributed by atoms with Crippen molar-refractivity contribution < 1.29 is 23.5 Å². The highest BCUT2D eigenvalue weighted by atomic mass is 19.1. The van der Waals surface area contributed by atoms with Crippen LogP contribution in [0.1, 0.15) is 57.5 Å². The lowest BCUT2D eigenvalue weighted by Gasteiger charge is -2.20. The summed E-state index contributed by atoms with van der Waals surface area (Å²) in [6.45, 7) is 1.95. The van der Waals surface area contributed by atoms with Gasteiger partial charge in [-0.25, -0.2) is 14.4 Å². The summed E-state index contributed by atoms with van der Waals surface area (Å²) in [6, 6.07) is 15.3. The van der Waals surface area contributed by atoms with Crippen molar-refractivity contribution >= 4 is 11.8 Å². The van der Waals surface area contributed by atoms with E-state index in [1.807, 2.05) is 37.3 Å². The molecule has 208 valence electrons. The maximum atomic E-state index is 13.6. The van der Waals surface area contributed by atoms with E-state index in [-0.39, 0.29) is 17.6 Å². The van der Waals surface area contributed by atoms with Crippen molar-refractivity contribution in [1.29, 1.82) is 0 Å². The lowest BCUT2D eigenvalue weighted by atomic mass is 9.88. The molecule has 2 unspecified atom stereocenters. The highest BCUT2D eigenvalue weighted by Crippen LogP contribution is 2.48. The van der Waals surface area contributed by atoms with Gasteiger partial charge in [-0.15, -0.1) is 0 Å². The molecule has 1 aromatic heterocycles. The van der Waals surface area contributed by atoms with Crippen LogP contribution in [-0.2, 0) is 10.3 Å². The van der Waals surface area contributed by atoms with E-state index in [0.717, 1.165) is 40.7 Å². The van der Waals surface area contributed by atoms with Crippen molar-refractivity contribution in [3.05, 3.63) is 107 Å². The smallest absolute Gasteiger partial charge is 0.255 e. The monoisotopic (exact) mass is 552 g/mol. The first kappa shape index (κ1) is 26.4. The Morgan fingerprint density at radius 3 is 2.44 bits per heavy atom. The molecule has 1 aliphatic heterocycles. The number of nitrogens with zero attached hydrogens (tertiary/aromatic N) is 2. The Kier molecular flexibility index (Phi) is 6.65. The van der Waals surface area contributed by atoms with E-state index >= 15 is 0 Å². The number of aromatic nitrogens is 2. The number of nitrogens with one attached hydrogen (secondary N) is 2. The molecule has 2 heterocycles. The number of fused-ring (bicyclic) bond motifs is 1. The zero-order valence-electron chi connectivity index (χ0n) is 22.9. The highest BCUT2D eigenvalue weighted by molar-refractivity contribution is 5.99. The maximum Gasteiger partial charge on any atom is 0.255 e. The highest BCUT2D eigenvalue weighted by Gasteiger charge is 2.46. The minimum Gasteiger partial charge on any atom is -0.496 e. The minimum atomic E-state index is -0.635. The van der Waals surface area contributed by atoms with Crippen LogP contribution >= 0.6 is 0 Å². The predicted molar refractivity (Wildman–Crippen MR) is 150 cm³/mol. The Labute approximate surface area is 236 Å². The molecule has 41 heavy (non-hydrogen) atoms. The predicted octanol–water partition coefficient (Wildman–Crippen LogP) is 4.98. The van der Waals surface area contributed by atoms with E-state index in [1.54, 1.807) is 38.7 Å². The molecule has 9 heteroatoms. The van der Waals surface area contributed by atoms with E-state index < -0.39 is 17.6 Å². The fourth-order valence-corrected chi connectivity index (χ4v) is 5.56. The van der Waals surface area contributed by atoms with Crippen molar-refractivity contribution in [1.82, 2.24) is 20.6 Å². The molecule has 0 radical (unpaired) electrons. The van der Waals surface area contributed by atoms with Crippen molar-refractivity contribution in [3.8, 4) is 22.6 Å². The third-order valence-electron chi connectivity index (χ3n) is 7.95. The van der Waals surface area contributed by atoms with Gasteiger partial charge in [0.2, 0.25) is 5.91 Å². The number of ether oxygens (including phenoxy) is 2. The fraction of sp³-hybridized carbons (Fsp3) is 0.250. The molecule has 3 aromatic carbocycles. The Morgan fingerprint density at radius 1 is 1.05 bits per heavy atom. The topological polar surface area (TPSA) is 102 Å². The van der Waals surface area contributed by atoms with Crippen LogP contribution < -0.4 is 20.1 Å². The number of carbonyl (C=O) groups is 2. The van der Waals surface area contributed by atoms with Gasteiger partial charge in [0.25, 0.3) is 5.91 Å². The second-order valence-electron chi connectivity index (χ2n) is 10.5. The van der Waals surface area contributed by atoms with Crippen LogP contribution in [0.2, 0.25) is 0 Å². The van der Waals surface area contributed by atoms with Crippen LogP contribution in [0.5, 0.6) is 11.5 Å². The lowest BCUT2D eigenvalue weighted by Crippen LogP contribution is -2.35. The van der Waals surface area contributed by atoms with Crippen LogP contribution in [0, 0.1) is 12.7 Å². The van der Waals surface area contributed by atoms with E-state index in [4.69, 9.17) is 9.47 Å². The summed E-state index contributed by atoms with van der Waals surface area (Å²) >= 11 is 0. The first-order valence-corrected chi connectivity index (χ1v) is 13.4. The minimum absolute atomic E-state index is 0.207. The van der Waals surface area contributed by atoms with Gasteiger partial charge in [0.05, 0.1) is 18.2 Å². The number of hydrogen-bond acceptors (Lipinski definition) is 6. The number of aryl methyl sites for hydroxylation is 1. The number of amides is 2. The van der Waals surface area contributed by atoms with Gasteiger partial charge in [-0.05, 0) is 78.4 Å². The zero-order chi connectivity index (χ0) is 28.7. The van der Waals surface area contributed by atoms with Gasteiger partial charge < -0.3 is 20.1 Å². The standard InChI is InChI=1S/C32H29FN4O4/c1-18-12-27(40-3)25(30(38)37-32(10-11-32)21-15-35-17-36-16-21)14-23(18)20-6-9-26-24(13-20)28(31(39)34-2)29(41-26)19-4-7-22(33)8-5-19/h4-9,12-17,28-29H,10-11H2,1-3H3,(H,34,39)(H,37,38). The third kappa shape index (κ3) is 4.77. The van der Waals surface area contributed by atoms with Crippen LogP contribution in [0.25, 0.3) is 11.1 Å². The SMILES string of the molecule is CNC(=O)C1c2cc(-c3cc(C(=O)NC4(c5cncnc5)CC4)c(OC)cc3C)ccc2OC1c1ccc(F)cc1. The molecule has 0 bridgehead atoms. The number of benzene rings is 3. The number of rotatable bonds is 7. The van der Waals surface area contributed by atoms with Gasteiger partial charge in [-0.2, -0.15) is 0 Å². The van der Waals surface area contributed by atoms with E-state index in [2.05, 4.69) is 20.6 Å². The molecule has 0 saturated heterocycles. The molecule has 2 atom stereocenters. The van der Waals surface area contributed by atoms with Gasteiger partial charge >= 0.3 is 0 Å². The van der Waals surface area contributed by atoms with Gasteiger partial charge in [-0.1, -0.05) is 18.2 Å². The van der Waals surface area contributed by atoms with Gasteiger partial charge in [-0.3, -0.25) is 9.59 Å². The molecular formula is C32H29FN4O4. The molecule has 2 amide bonds. The summed E-state index contributed by atoms with van der Waals surface area (Å²) in [5.41, 5.74) is 4.76. The average molecular weight is 553 g/mol. The summed E-state index contributed by atoms with van der Waals surface area (Å²) in [5, 5.41) is 5.91. The van der Waals surface area contributed by atoms with Crippen LogP contribution in [0.4, 0.5) is 4.39 Å². The molecule has 4 aromatic rings. The molecule has 1 aliphatic carbocycles. The van der Waals surface area contributed by atoms with Gasteiger partial charge in [0.1, 0.15) is 35.7 Å². The van der Waals surface area contributed by atoms with Crippen LogP contribution in [0.3, 0.4) is 0 Å². The van der Waals surface area contributed by atoms with E-state index in [0.29, 0.717) is 22.6 Å².